The summed E-state index contributed by atoms with van der Waals surface area (Å²) < 4.78 is 0. The van der Waals surface area contributed by atoms with E-state index in [1.807, 2.05) is 0 Å². The fourth-order valence-electron chi connectivity index (χ4n) is 1.32. The number of hydrogen-bond acceptors (Lipinski definition) is 5. The summed E-state index contributed by atoms with van der Waals surface area (Å²) in [4.78, 5) is 33.1. The van der Waals surface area contributed by atoms with E-state index in [4.69, 9.17) is 5.11 Å². The Hall–Kier alpha value is -2.15. The van der Waals surface area contributed by atoms with E-state index in [1.165, 1.54) is 30.1 Å². The molecule has 6 nitrogen and oxygen atoms in total. The summed E-state index contributed by atoms with van der Waals surface area (Å²) in [6.45, 7) is 1.68. The number of aromatic amines is 1. The number of nitrogens with one attached hydrogen (secondary N) is 1. The number of nitrogens with zero attached hydrogens (tertiary/aromatic N) is 2. The van der Waals surface area contributed by atoms with Crippen molar-refractivity contribution in [2.45, 2.75) is 16.8 Å². The maximum Gasteiger partial charge on any atom is 0.354 e. The maximum atomic E-state index is 11.3. The number of carboxylic acid groups (broad SMARTS) is 1. The smallest absolute Gasteiger partial charge is 0.354 e. The summed E-state index contributed by atoms with van der Waals surface area (Å²) in [6.07, 6.45) is 1.41. The summed E-state index contributed by atoms with van der Waals surface area (Å²) >= 11 is 1.21. The molecule has 0 amide bonds. The highest BCUT2D eigenvalue weighted by Crippen LogP contribution is 2.24. The predicted octanol–water partition coefficient (Wildman–Crippen LogP) is 1.32. The molecule has 0 aliphatic rings. The molecule has 2 heterocycles. The van der Waals surface area contributed by atoms with Crippen LogP contribution in [0, 0.1) is 6.92 Å². The average Bonchev–Trinajstić information content (AvgIpc) is 2.27. The van der Waals surface area contributed by atoms with E-state index < -0.39 is 5.97 Å². The van der Waals surface area contributed by atoms with Gasteiger partial charge in [0.15, 0.2) is 0 Å². The second-order valence-corrected chi connectivity index (χ2v) is 4.55. The van der Waals surface area contributed by atoms with Crippen molar-refractivity contribution in [3.63, 3.8) is 0 Å². The molecule has 2 aromatic heterocycles. The number of aromatic nitrogens is 3. The lowest BCUT2D eigenvalue weighted by Gasteiger charge is -2.02. The third kappa shape index (κ3) is 2.95. The first-order valence-corrected chi connectivity index (χ1v) is 5.81. The first-order valence-electron chi connectivity index (χ1n) is 5.00. The fourth-order valence-corrected chi connectivity index (χ4v) is 2.21. The Morgan fingerprint density at radius 3 is 2.89 bits per heavy atom. The van der Waals surface area contributed by atoms with Gasteiger partial charge in [0.1, 0.15) is 16.5 Å². The van der Waals surface area contributed by atoms with Gasteiger partial charge in [0.25, 0.3) is 5.56 Å². The maximum absolute atomic E-state index is 11.3. The molecule has 0 aliphatic carbocycles. The highest BCUT2D eigenvalue weighted by Gasteiger charge is 2.07. The minimum Gasteiger partial charge on any atom is -0.477 e. The Morgan fingerprint density at radius 1 is 1.44 bits per heavy atom. The molecular formula is C11H9N3O3S. The molecule has 0 saturated heterocycles. The van der Waals surface area contributed by atoms with Crippen molar-refractivity contribution in [2.24, 2.45) is 0 Å². The molecule has 2 rings (SSSR count). The number of rotatable bonds is 3. The quantitative estimate of drug-likeness (QED) is 0.811. The van der Waals surface area contributed by atoms with Gasteiger partial charge in [-0.1, -0.05) is 11.8 Å². The number of carboxylic acids is 1. The van der Waals surface area contributed by atoms with Crippen molar-refractivity contribution in [3.8, 4) is 0 Å². The third-order valence-corrected chi connectivity index (χ3v) is 2.92. The standard InChI is InChI=1S/C11H9N3O3S/c1-6-13-9(15)5-10(14-6)18-7-2-3-12-8(4-7)11(16)17/h2-5H,1H3,(H,16,17)(H,13,14,15). The Morgan fingerprint density at radius 2 is 2.22 bits per heavy atom. The summed E-state index contributed by atoms with van der Waals surface area (Å²) in [6, 6.07) is 4.46. The van der Waals surface area contributed by atoms with Crippen molar-refractivity contribution >= 4 is 17.7 Å². The minimum absolute atomic E-state index is 0.0402. The number of aromatic carboxylic acids is 1. The molecule has 0 radical (unpaired) electrons. The van der Waals surface area contributed by atoms with Gasteiger partial charge < -0.3 is 10.1 Å². The van der Waals surface area contributed by atoms with Gasteiger partial charge in [-0.15, -0.1) is 0 Å². The Balaban J connectivity index is 2.31. The van der Waals surface area contributed by atoms with E-state index in [-0.39, 0.29) is 11.3 Å². The fraction of sp³-hybridized carbons (Fsp3) is 0.0909. The molecule has 7 heteroatoms. The molecule has 92 valence electrons. The van der Waals surface area contributed by atoms with Crippen molar-refractivity contribution in [2.75, 3.05) is 0 Å². The highest BCUT2D eigenvalue weighted by molar-refractivity contribution is 7.99. The van der Waals surface area contributed by atoms with E-state index >= 15 is 0 Å². The van der Waals surface area contributed by atoms with Crippen LogP contribution in [0.2, 0.25) is 0 Å². The molecule has 0 bridgehead atoms. The number of H-pyrrole nitrogens is 1. The van der Waals surface area contributed by atoms with Crippen LogP contribution in [0.3, 0.4) is 0 Å². The number of pyridine rings is 1. The Labute approximate surface area is 106 Å². The molecule has 0 fully saturated rings. The first kappa shape index (κ1) is 12.3. The molecule has 2 N–H and O–H groups in total. The molecular weight excluding hydrogens is 254 g/mol. The molecule has 0 spiro atoms. The lowest BCUT2D eigenvalue weighted by molar-refractivity contribution is 0.0690. The van der Waals surface area contributed by atoms with E-state index in [0.29, 0.717) is 15.7 Å². The second-order valence-electron chi connectivity index (χ2n) is 3.45. The molecule has 0 aromatic carbocycles. The SMILES string of the molecule is Cc1nc(Sc2ccnc(C(=O)O)c2)cc(=O)[nH]1. The van der Waals surface area contributed by atoms with Gasteiger partial charge >= 0.3 is 5.97 Å². The van der Waals surface area contributed by atoms with Crippen LogP contribution in [0.5, 0.6) is 0 Å². The number of carbonyl (C=O) groups is 1. The van der Waals surface area contributed by atoms with Crippen molar-refractivity contribution in [1.82, 2.24) is 15.0 Å². The predicted molar refractivity (Wildman–Crippen MR) is 64.9 cm³/mol. The largest absolute Gasteiger partial charge is 0.477 e. The third-order valence-electron chi connectivity index (χ3n) is 2.01. The molecule has 0 unspecified atom stereocenters. The van der Waals surface area contributed by atoms with Gasteiger partial charge in [-0.2, -0.15) is 0 Å². The van der Waals surface area contributed by atoms with Gasteiger partial charge in [0.2, 0.25) is 0 Å². The van der Waals surface area contributed by atoms with E-state index in [9.17, 15) is 9.59 Å². The first-order chi connectivity index (χ1) is 8.54. The van der Waals surface area contributed by atoms with E-state index in [2.05, 4.69) is 15.0 Å². The van der Waals surface area contributed by atoms with Crippen LogP contribution in [0.4, 0.5) is 0 Å². The topological polar surface area (TPSA) is 95.9 Å². The van der Waals surface area contributed by atoms with E-state index in [1.54, 1.807) is 13.0 Å². The van der Waals surface area contributed by atoms with Crippen LogP contribution >= 0.6 is 11.8 Å². The van der Waals surface area contributed by atoms with Gasteiger partial charge in [0.05, 0.1) is 0 Å². The average molecular weight is 263 g/mol. The van der Waals surface area contributed by atoms with Gasteiger partial charge in [-0.05, 0) is 19.1 Å². The molecule has 2 aromatic rings. The summed E-state index contributed by atoms with van der Waals surface area (Å²) in [5, 5.41) is 9.33. The molecule has 0 aliphatic heterocycles. The van der Waals surface area contributed by atoms with Crippen LogP contribution in [-0.4, -0.2) is 26.0 Å². The molecule has 0 atom stereocenters. The lowest BCUT2D eigenvalue weighted by atomic mass is 10.3. The lowest BCUT2D eigenvalue weighted by Crippen LogP contribution is -2.08. The van der Waals surface area contributed by atoms with Crippen LogP contribution in [0.1, 0.15) is 16.3 Å². The zero-order valence-corrected chi connectivity index (χ0v) is 10.2. The minimum atomic E-state index is -1.09. The van der Waals surface area contributed by atoms with Gasteiger partial charge in [0, 0.05) is 17.2 Å². The second kappa shape index (κ2) is 5.01. The Bertz CT molecular complexity index is 654. The summed E-state index contributed by atoms with van der Waals surface area (Å²) in [7, 11) is 0. The van der Waals surface area contributed by atoms with Crippen molar-refractivity contribution < 1.29 is 9.90 Å². The molecule has 18 heavy (non-hydrogen) atoms. The highest BCUT2D eigenvalue weighted by atomic mass is 32.2. The van der Waals surface area contributed by atoms with Crippen LogP contribution in [0.15, 0.2) is 39.1 Å². The van der Waals surface area contributed by atoms with Gasteiger partial charge in [-0.25, -0.2) is 14.8 Å². The monoisotopic (exact) mass is 263 g/mol. The van der Waals surface area contributed by atoms with Crippen molar-refractivity contribution in [3.05, 3.63) is 46.3 Å². The number of aryl methyl sites for hydroxylation is 1. The zero-order valence-electron chi connectivity index (χ0n) is 9.38. The van der Waals surface area contributed by atoms with Crippen LogP contribution in [-0.2, 0) is 0 Å². The molecule has 0 saturated carbocycles. The van der Waals surface area contributed by atoms with E-state index in [0.717, 1.165) is 0 Å². The van der Waals surface area contributed by atoms with Crippen LogP contribution in [0.25, 0.3) is 0 Å². The number of hydrogen-bond donors (Lipinski definition) is 2. The summed E-state index contributed by atoms with van der Waals surface area (Å²) in [5.41, 5.74) is -0.279. The van der Waals surface area contributed by atoms with Gasteiger partial charge in [-0.3, -0.25) is 4.79 Å². The zero-order chi connectivity index (χ0) is 13.1. The Kier molecular flexibility index (Phi) is 3.42. The van der Waals surface area contributed by atoms with Crippen LogP contribution < -0.4 is 5.56 Å². The summed E-state index contributed by atoms with van der Waals surface area (Å²) in [5.74, 6) is -0.579. The normalized spacial score (nSPS) is 10.3. The van der Waals surface area contributed by atoms with Crippen molar-refractivity contribution in [1.29, 1.82) is 0 Å².